The largest absolute Gasteiger partial charge is 0.497 e. The molecule has 1 aromatic heterocycles. The van der Waals surface area contributed by atoms with Crippen molar-refractivity contribution in [3.05, 3.63) is 84.2 Å². The van der Waals surface area contributed by atoms with E-state index < -0.39 is 0 Å². The van der Waals surface area contributed by atoms with E-state index in [0.29, 0.717) is 6.42 Å². The fourth-order valence-electron chi connectivity index (χ4n) is 3.97. The van der Waals surface area contributed by atoms with Crippen molar-refractivity contribution >= 4 is 5.91 Å². The highest BCUT2D eigenvalue weighted by Gasteiger charge is 2.33. The minimum atomic E-state index is -0.164. The Morgan fingerprint density at radius 1 is 0.967 bits per heavy atom. The molecule has 1 aliphatic rings. The predicted octanol–water partition coefficient (Wildman–Crippen LogP) is 3.64. The van der Waals surface area contributed by atoms with E-state index in [1.807, 2.05) is 36.2 Å². The molecular formula is C25H27N3O2. The van der Waals surface area contributed by atoms with Crippen LogP contribution in [0.25, 0.3) is 11.1 Å². The summed E-state index contributed by atoms with van der Waals surface area (Å²) in [6.07, 6.45) is 4.30. The number of nitrogens with zero attached hydrogens (tertiary/aromatic N) is 3. The van der Waals surface area contributed by atoms with Crippen molar-refractivity contribution in [1.29, 1.82) is 0 Å². The van der Waals surface area contributed by atoms with Gasteiger partial charge in [0.2, 0.25) is 5.91 Å². The van der Waals surface area contributed by atoms with Crippen LogP contribution in [0.2, 0.25) is 0 Å². The Kier molecular flexibility index (Phi) is 6.10. The molecule has 0 radical (unpaired) electrons. The van der Waals surface area contributed by atoms with E-state index in [1.54, 1.807) is 19.5 Å². The molecule has 0 bridgehead atoms. The molecule has 1 amide bonds. The minimum absolute atomic E-state index is 0.164. The maximum atomic E-state index is 13.0. The Morgan fingerprint density at radius 2 is 1.73 bits per heavy atom. The average Bonchev–Trinajstić information content (AvgIpc) is 2.80. The van der Waals surface area contributed by atoms with E-state index in [-0.39, 0.29) is 11.9 Å². The number of carbonyl (C=O) groups excluding carboxylic acids is 1. The standard InChI is InChI=1S/C25H27N3O2/c1-27-14-15-28(18-19-10-12-26-13-11-19)24(25(27)29)17-20-4-3-5-22(16-20)21-6-8-23(30-2)9-7-21/h3-13,16,24H,14-15,17-18H2,1-2H3/t24-/m0/s1. The number of likely N-dealkylation sites (N-methyl/N-ethyl adjacent to an activating group) is 1. The summed E-state index contributed by atoms with van der Waals surface area (Å²) in [7, 11) is 3.57. The number of methoxy groups -OCH3 is 1. The molecule has 1 aliphatic heterocycles. The van der Waals surface area contributed by atoms with Gasteiger partial charge in [-0.1, -0.05) is 36.4 Å². The van der Waals surface area contributed by atoms with Crippen molar-refractivity contribution in [2.75, 3.05) is 27.2 Å². The third-order valence-corrected chi connectivity index (χ3v) is 5.74. The van der Waals surface area contributed by atoms with E-state index in [0.717, 1.165) is 42.1 Å². The number of rotatable bonds is 6. The lowest BCUT2D eigenvalue weighted by molar-refractivity contribution is -0.140. The second-order valence-corrected chi connectivity index (χ2v) is 7.73. The van der Waals surface area contributed by atoms with Crippen LogP contribution in [0.1, 0.15) is 11.1 Å². The number of pyridine rings is 1. The van der Waals surface area contributed by atoms with Crippen LogP contribution in [-0.2, 0) is 17.8 Å². The molecule has 154 valence electrons. The molecule has 0 spiro atoms. The SMILES string of the molecule is COc1ccc(-c2cccc(C[C@H]3C(=O)N(C)CCN3Cc3ccncc3)c2)cc1. The lowest BCUT2D eigenvalue weighted by Gasteiger charge is -2.39. The quantitative estimate of drug-likeness (QED) is 0.633. The van der Waals surface area contributed by atoms with Gasteiger partial charge in [-0.15, -0.1) is 0 Å². The molecule has 1 atom stereocenters. The number of carbonyl (C=O) groups is 1. The van der Waals surface area contributed by atoms with E-state index in [1.165, 1.54) is 5.56 Å². The summed E-state index contributed by atoms with van der Waals surface area (Å²) in [5.41, 5.74) is 4.63. The molecule has 2 heterocycles. The molecule has 0 N–H and O–H groups in total. The highest BCUT2D eigenvalue weighted by molar-refractivity contribution is 5.83. The van der Waals surface area contributed by atoms with Gasteiger partial charge >= 0.3 is 0 Å². The van der Waals surface area contributed by atoms with Gasteiger partial charge in [0.05, 0.1) is 13.2 Å². The van der Waals surface area contributed by atoms with Gasteiger partial charge in [-0.3, -0.25) is 14.7 Å². The van der Waals surface area contributed by atoms with Crippen LogP contribution in [0.3, 0.4) is 0 Å². The maximum absolute atomic E-state index is 13.0. The highest BCUT2D eigenvalue weighted by Crippen LogP contribution is 2.25. The molecule has 1 saturated heterocycles. The molecule has 2 aromatic carbocycles. The Labute approximate surface area is 177 Å². The molecule has 5 nitrogen and oxygen atoms in total. The van der Waals surface area contributed by atoms with Crippen molar-refractivity contribution < 1.29 is 9.53 Å². The zero-order valence-corrected chi connectivity index (χ0v) is 17.5. The van der Waals surface area contributed by atoms with E-state index >= 15 is 0 Å². The van der Waals surface area contributed by atoms with Crippen molar-refractivity contribution in [3.63, 3.8) is 0 Å². The molecular weight excluding hydrogens is 374 g/mol. The lowest BCUT2D eigenvalue weighted by Crippen LogP contribution is -2.56. The summed E-state index contributed by atoms with van der Waals surface area (Å²) in [5, 5.41) is 0. The molecule has 0 aliphatic carbocycles. The summed E-state index contributed by atoms with van der Waals surface area (Å²) in [4.78, 5) is 21.3. The third-order valence-electron chi connectivity index (χ3n) is 5.74. The fourth-order valence-corrected chi connectivity index (χ4v) is 3.97. The van der Waals surface area contributed by atoms with Crippen molar-refractivity contribution in [2.45, 2.75) is 19.0 Å². The first-order valence-corrected chi connectivity index (χ1v) is 10.3. The maximum Gasteiger partial charge on any atom is 0.240 e. The van der Waals surface area contributed by atoms with Gasteiger partial charge in [-0.2, -0.15) is 0 Å². The molecule has 0 unspecified atom stereocenters. The number of amides is 1. The van der Waals surface area contributed by atoms with E-state index in [9.17, 15) is 4.79 Å². The molecule has 3 aromatic rings. The molecule has 1 fully saturated rings. The average molecular weight is 402 g/mol. The summed E-state index contributed by atoms with van der Waals surface area (Å²) < 4.78 is 5.26. The van der Waals surface area contributed by atoms with Gasteiger partial charge in [0.25, 0.3) is 0 Å². The van der Waals surface area contributed by atoms with Crippen LogP contribution in [0.4, 0.5) is 0 Å². The lowest BCUT2D eigenvalue weighted by atomic mass is 9.97. The van der Waals surface area contributed by atoms with Crippen molar-refractivity contribution in [3.8, 4) is 16.9 Å². The minimum Gasteiger partial charge on any atom is -0.497 e. The molecule has 0 saturated carbocycles. The summed E-state index contributed by atoms with van der Waals surface area (Å²) in [6.45, 7) is 2.38. The second kappa shape index (κ2) is 9.09. The van der Waals surface area contributed by atoms with Crippen LogP contribution in [-0.4, -0.2) is 54.0 Å². The van der Waals surface area contributed by atoms with Crippen LogP contribution in [0.5, 0.6) is 5.75 Å². The summed E-state index contributed by atoms with van der Waals surface area (Å²) in [6, 6.07) is 20.4. The topological polar surface area (TPSA) is 45.7 Å². The number of ether oxygens (including phenoxy) is 1. The Balaban J connectivity index is 1.56. The fraction of sp³-hybridized carbons (Fsp3) is 0.280. The molecule has 30 heavy (non-hydrogen) atoms. The van der Waals surface area contributed by atoms with Crippen molar-refractivity contribution in [1.82, 2.24) is 14.8 Å². The normalized spacial score (nSPS) is 17.2. The smallest absolute Gasteiger partial charge is 0.240 e. The first kappa shape index (κ1) is 20.1. The van der Waals surface area contributed by atoms with Crippen LogP contribution >= 0.6 is 0 Å². The summed E-state index contributed by atoms with van der Waals surface area (Å²) in [5.74, 6) is 1.03. The number of benzene rings is 2. The Morgan fingerprint density at radius 3 is 2.47 bits per heavy atom. The molecule has 4 rings (SSSR count). The van der Waals surface area contributed by atoms with Crippen LogP contribution < -0.4 is 4.74 Å². The zero-order chi connectivity index (χ0) is 20.9. The zero-order valence-electron chi connectivity index (χ0n) is 17.5. The van der Waals surface area contributed by atoms with Gasteiger partial charge < -0.3 is 9.64 Å². The Bertz CT molecular complexity index is 989. The van der Waals surface area contributed by atoms with E-state index in [2.05, 4.69) is 46.3 Å². The first-order valence-electron chi connectivity index (χ1n) is 10.3. The number of aromatic nitrogens is 1. The van der Waals surface area contributed by atoms with Gasteiger partial charge in [-0.05, 0) is 52.9 Å². The van der Waals surface area contributed by atoms with Crippen LogP contribution in [0.15, 0.2) is 73.1 Å². The molecule has 5 heteroatoms. The number of piperazine rings is 1. The highest BCUT2D eigenvalue weighted by atomic mass is 16.5. The van der Waals surface area contributed by atoms with Gasteiger partial charge in [0, 0.05) is 39.1 Å². The number of hydrogen-bond acceptors (Lipinski definition) is 4. The second-order valence-electron chi connectivity index (χ2n) is 7.73. The first-order chi connectivity index (χ1) is 14.6. The van der Waals surface area contributed by atoms with E-state index in [4.69, 9.17) is 4.74 Å². The van der Waals surface area contributed by atoms with Gasteiger partial charge in [-0.25, -0.2) is 0 Å². The van der Waals surface area contributed by atoms with Crippen LogP contribution in [0, 0.1) is 0 Å². The summed E-state index contributed by atoms with van der Waals surface area (Å²) >= 11 is 0. The van der Waals surface area contributed by atoms with Gasteiger partial charge in [0.1, 0.15) is 5.75 Å². The third kappa shape index (κ3) is 4.52. The number of hydrogen-bond donors (Lipinski definition) is 0. The van der Waals surface area contributed by atoms with Crippen molar-refractivity contribution in [2.24, 2.45) is 0 Å². The monoisotopic (exact) mass is 401 g/mol. The predicted molar refractivity (Wildman–Crippen MR) is 118 cm³/mol. The Hall–Kier alpha value is -3.18. The van der Waals surface area contributed by atoms with Gasteiger partial charge in [0.15, 0.2) is 0 Å².